The summed E-state index contributed by atoms with van der Waals surface area (Å²) in [4.78, 5) is 25.7. The first-order valence-electron chi connectivity index (χ1n) is 12.2. The summed E-state index contributed by atoms with van der Waals surface area (Å²) in [5.74, 6) is 0.378. The molecule has 0 aliphatic carbocycles. The van der Waals surface area contributed by atoms with Crippen LogP contribution in [0, 0.1) is 11.9 Å². The van der Waals surface area contributed by atoms with Crippen molar-refractivity contribution in [3.05, 3.63) is 86.8 Å². The summed E-state index contributed by atoms with van der Waals surface area (Å²) in [6, 6.07) is 11.0. The van der Waals surface area contributed by atoms with Gasteiger partial charge in [-0.05, 0) is 36.2 Å². The quantitative estimate of drug-likeness (QED) is 0.303. The molecule has 0 saturated heterocycles. The van der Waals surface area contributed by atoms with E-state index in [9.17, 15) is 4.79 Å². The Morgan fingerprint density at radius 2 is 2.00 bits per heavy atom. The van der Waals surface area contributed by atoms with E-state index in [1.165, 1.54) is 10.7 Å². The summed E-state index contributed by atoms with van der Waals surface area (Å²) >= 11 is 12.3. The fraction of sp³-hybridized carbons (Fsp3) is 0.154. The molecule has 5 heterocycles. The number of benzene rings is 2. The minimum absolute atomic E-state index is 0.0974. The Hall–Kier alpha value is -4.55. The third-order valence-corrected chi connectivity index (χ3v) is 7.43. The number of H-pyrrole nitrogens is 1. The summed E-state index contributed by atoms with van der Waals surface area (Å²) in [7, 11) is 0. The molecule has 2 atom stereocenters. The number of fused-ring (bicyclic) bond motifs is 2. The van der Waals surface area contributed by atoms with E-state index in [1.807, 2.05) is 6.92 Å². The van der Waals surface area contributed by atoms with Crippen molar-refractivity contribution in [1.82, 2.24) is 39.7 Å². The number of aromatic amines is 1. The van der Waals surface area contributed by atoms with Gasteiger partial charge >= 0.3 is 0 Å². The molecule has 0 fully saturated rings. The molecule has 4 aromatic heterocycles. The smallest absolute Gasteiger partial charge is 0.254 e. The van der Waals surface area contributed by atoms with E-state index in [-0.39, 0.29) is 28.1 Å². The molecule has 0 spiro atoms. The molecule has 200 valence electrons. The standard InChI is InChI=1S/C26H18Cl2FN9O2/c1-11-6-20-31-16(15-8-13(27)3-5-17(15)37-10-19(28)34-36-37)9-21(39)38(20)23(11)26-32-22(24(29)33-26)12-2-4-14-18(7-12)40-35-25(14)30/h2-5,7-11,23H,6H2,1H3,(H2,30,35)(H,32,33)/t11-,23-/m0/s1. The van der Waals surface area contributed by atoms with Crippen LogP contribution in [0.1, 0.15) is 24.6 Å². The molecule has 1 aliphatic heterocycles. The van der Waals surface area contributed by atoms with Crippen molar-refractivity contribution in [2.75, 3.05) is 5.73 Å². The number of halogens is 3. The van der Waals surface area contributed by atoms with Crippen LogP contribution in [-0.2, 0) is 6.42 Å². The van der Waals surface area contributed by atoms with Crippen LogP contribution in [0.15, 0.2) is 58.0 Å². The maximum absolute atomic E-state index is 15.2. The number of nitrogens with one attached hydrogen (secondary N) is 1. The Morgan fingerprint density at radius 1 is 1.15 bits per heavy atom. The fourth-order valence-corrected chi connectivity index (χ4v) is 5.54. The zero-order valence-electron chi connectivity index (χ0n) is 20.6. The molecule has 0 unspecified atom stereocenters. The lowest BCUT2D eigenvalue weighted by Gasteiger charge is -2.16. The second kappa shape index (κ2) is 9.00. The third-order valence-electron chi connectivity index (χ3n) is 7.03. The highest BCUT2D eigenvalue weighted by Gasteiger charge is 2.36. The average Bonchev–Trinajstić information content (AvgIpc) is 3.69. The zero-order chi connectivity index (χ0) is 27.7. The Kier molecular flexibility index (Phi) is 5.51. The largest absolute Gasteiger partial charge is 0.380 e. The number of aromatic nitrogens is 8. The van der Waals surface area contributed by atoms with E-state index in [2.05, 4.69) is 25.4 Å². The van der Waals surface area contributed by atoms with Crippen LogP contribution >= 0.6 is 23.2 Å². The Balaban J connectivity index is 1.30. The molecule has 3 N–H and O–H groups in total. The van der Waals surface area contributed by atoms with E-state index in [4.69, 9.17) is 38.4 Å². The van der Waals surface area contributed by atoms with Crippen molar-refractivity contribution < 1.29 is 8.91 Å². The van der Waals surface area contributed by atoms with Gasteiger partial charge in [0.25, 0.3) is 5.56 Å². The van der Waals surface area contributed by atoms with E-state index in [0.717, 1.165) is 0 Å². The van der Waals surface area contributed by atoms with E-state index in [1.54, 1.807) is 47.2 Å². The van der Waals surface area contributed by atoms with Crippen molar-refractivity contribution in [2.24, 2.45) is 5.92 Å². The molecule has 40 heavy (non-hydrogen) atoms. The zero-order valence-corrected chi connectivity index (χ0v) is 22.2. The van der Waals surface area contributed by atoms with Crippen molar-refractivity contribution in [3.8, 4) is 28.2 Å². The van der Waals surface area contributed by atoms with Crippen LogP contribution in [0.4, 0.5) is 10.2 Å². The molecule has 0 amide bonds. The number of anilines is 1. The summed E-state index contributed by atoms with van der Waals surface area (Å²) in [6.45, 7) is 1.96. The normalized spacial score (nSPS) is 16.6. The third kappa shape index (κ3) is 3.87. The highest BCUT2D eigenvalue weighted by Crippen LogP contribution is 2.37. The molecule has 7 rings (SSSR count). The molecule has 11 nitrogen and oxygen atoms in total. The van der Waals surface area contributed by atoms with Crippen molar-refractivity contribution in [1.29, 1.82) is 0 Å². The summed E-state index contributed by atoms with van der Waals surface area (Å²) in [6.07, 6.45) is 2.02. The van der Waals surface area contributed by atoms with E-state index < -0.39 is 12.0 Å². The van der Waals surface area contributed by atoms with Crippen molar-refractivity contribution in [3.63, 3.8) is 0 Å². The van der Waals surface area contributed by atoms with Gasteiger partial charge in [-0.15, -0.1) is 5.10 Å². The first-order valence-corrected chi connectivity index (χ1v) is 12.9. The number of rotatable bonds is 4. The van der Waals surface area contributed by atoms with Gasteiger partial charge < -0.3 is 15.2 Å². The fourth-order valence-electron chi connectivity index (χ4n) is 5.24. The summed E-state index contributed by atoms with van der Waals surface area (Å²) in [5, 5.41) is 12.9. The average molecular weight is 578 g/mol. The second-order valence-electron chi connectivity index (χ2n) is 9.60. The number of nitrogen functional groups attached to an aromatic ring is 1. The Morgan fingerprint density at radius 3 is 2.80 bits per heavy atom. The van der Waals surface area contributed by atoms with Crippen molar-refractivity contribution >= 4 is 40.0 Å². The number of nitrogens with two attached hydrogens (primary N) is 1. The van der Waals surface area contributed by atoms with Gasteiger partial charge in [-0.3, -0.25) is 9.36 Å². The molecule has 0 radical (unpaired) electrons. The maximum atomic E-state index is 15.2. The van der Waals surface area contributed by atoms with Crippen LogP contribution in [0.3, 0.4) is 0 Å². The lowest BCUT2D eigenvalue weighted by molar-refractivity contribution is 0.445. The van der Waals surface area contributed by atoms with Gasteiger partial charge in [-0.2, -0.15) is 4.39 Å². The predicted octanol–water partition coefficient (Wildman–Crippen LogP) is 4.83. The van der Waals surface area contributed by atoms with Crippen LogP contribution < -0.4 is 11.3 Å². The lowest BCUT2D eigenvalue weighted by atomic mass is 10.0. The first kappa shape index (κ1) is 24.5. The Bertz CT molecular complexity index is 2010. The summed E-state index contributed by atoms with van der Waals surface area (Å²) < 4.78 is 23.4. The molecule has 0 saturated carbocycles. The van der Waals surface area contributed by atoms with Gasteiger partial charge in [0.05, 0.1) is 29.0 Å². The SMILES string of the molecule is C[C@H]1Cc2nc(-c3cc(Cl)ccc3-n3cc(Cl)nn3)cc(=O)n2[C@@H]1c1nc(-c2ccc3c(N)noc3c2)c(F)[nH]1. The monoisotopic (exact) mass is 577 g/mol. The van der Waals surface area contributed by atoms with Crippen molar-refractivity contribution in [2.45, 2.75) is 19.4 Å². The number of imidazole rings is 1. The lowest BCUT2D eigenvalue weighted by Crippen LogP contribution is -2.26. The molecular weight excluding hydrogens is 560 g/mol. The van der Waals surface area contributed by atoms with Crippen LogP contribution in [0.25, 0.3) is 39.2 Å². The van der Waals surface area contributed by atoms with Gasteiger partial charge in [-0.1, -0.05) is 46.6 Å². The number of hydrogen-bond acceptors (Lipinski definition) is 8. The predicted molar refractivity (Wildman–Crippen MR) is 146 cm³/mol. The first-order chi connectivity index (χ1) is 19.3. The van der Waals surface area contributed by atoms with Gasteiger partial charge in [0.1, 0.15) is 17.3 Å². The van der Waals surface area contributed by atoms with Gasteiger partial charge in [0, 0.05) is 28.6 Å². The summed E-state index contributed by atoms with van der Waals surface area (Å²) in [5.41, 5.74) is 8.08. The molecule has 6 aromatic rings. The van der Waals surface area contributed by atoms with Crippen LogP contribution in [0.2, 0.25) is 10.2 Å². The highest BCUT2D eigenvalue weighted by molar-refractivity contribution is 6.31. The minimum Gasteiger partial charge on any atom is -0.380 e. The molecule has 0 bridgehead atoms. The molecule has 14 heteroatoms. The minimum atomic E-state index is -0.629. The maximum Gasteiger partial charge on any atom is 0.254 e. The highest BCUT2D eigenvalue weighted by atomic mass is 35.5. The number of nitrogens with zero attached hydrogens (tertiary/aromatic N) is 7. The van der Waals surface area contributed by atoms with Crippen LogP contribution in [0.5, 0.6) is 0 Å². The van der Waals surface area contributed by atoms with E-state index >= 15 is 4.39 Å². The Labute approximate surface area is 234 Å². The topological polar surface area (TPSA) is 146 Å². The number of hydrogen-bond donors (Lipinski definition) is 2. The second-order valence-corrected chi connectivity index (χ2v) is 10.4. The molecule has 2 aromatic carbocycles. The van der Waals surface area contributed by atoms with Crippen LogP contribution in [-0.4, -0.2) is 39.7 Å². The van der Waals surface area contributed by atoms with Gasteiger partial charge in [0.2, 0.25) is 5.95 Å². The van der Waals surface area contributed by atoms with Gasteiger partial charge in [0.15, 0.2) is 16.6 Å². The van der Waals surface area contributed by atoms with Gasteiger partial charge in [-0.25, -0.2) is 14.6 Å². The van der Waals surface area contributed by atoms with E-state index in [0.29, 0.717) is 56.6 Å². The molecular formula is C26H18Cl2FN9O2. The molecule has 1 aliphatic rings.